The highest BCUT2D eigenvalue weighted by Crippen LogP contribution is 2.18. The Morgan fingerprint density at radius 1 is 1.25 bits per heavy atom. The minimum absolute atomic E-state index is 0.116. The lowest BCUT2D eigenvalue weighted by Gasteiger charge is -2.05. The fourth-order valence-electron chi connectivity index (χ4n) is 1.64. The van der Waals surface area contributed by atoms with Crippen molar-refractivity contribution in [3.63, 3.8) is 0 Å². The molecule has 1 aromatic heterocycles. The van der Waals surface area contributed by atoms with Crippen LogP contribution in [0.5, 0.6) is 5.75 Å². The molecule has 6 heteroatoms. The molecule has 0 saturated carbocycles. The first-order chi connectivity index (χ1) is 9.52. The van der Waals surface area contributed by atoms with Crippen LogP contribution in [0.1, 0.15) is 11.5 Å². The van der Waals surface area contributed by atoms with Crippen molar-refractivity contribution in [3.05, 3.63) is 41.9 Å². The Bertz CT molecular complexity index is 594. The third-order valence-corrected chi connectivity index (χ3v) is 3.36. The maximum atomic E-state index is 11.8. The molecule has 2 rings (SSSR count). The summed E-state index contributed by atoms with van der Waals surface area (Å²) >= 11 is 1.37. The van der Waals surface area contributed by atoms with Gasteiger partial charge in [-0.3, -0.25) is 4.79 Å². The highest BCUT2D eigenvalue weighted by Gasteiger charge is 2.06. The zero-order valence-electron chi connectivity index (χ0n) is 11.3. The first-order valence-corrected chi connectivity index (χ1v) is 7.05. The number of anilines is 1. The summed E-state index contributed by atoms with van der Waals surface area (Å²) in [7, 11) is 0. The van der Waals surface area contributed by atoms with Gasteiger partial charge >= 0.3 is 0 Å². The molecular weight excluding hydrogens is 274 g/mol. The van der Waals surface area contributed by atoms with E-state index in [4.69, 9.17) is 5.11 Å². The molecule has 1 heterocycles. The summed E-state index contributed by atoms with van der Waals surface area (Å²) in [4.78, 5) is 20.3. The molecule has 2 aromatic rings. The predicted molar refractivity (Wildman–Crippen MR) is 79.0 cm³/mol. The maximum Gasteiger partial charge on any atom is 0.234 e. The van der Waals surface area contributed by atoms with Gasteiger partial charge in [0.25, 0.3) is 0 Å². The number of amides is 1. The van der Waals surface area contributed by atoms with Gasteiger partial charge in [0.15, 0.2) is 0 Å². The standard InChI is InChI=1S/C14H15N3O2S/c1-9-7-14(16-10(2)15-9)20-8-13(19)17-11-3-5-12(18)6-4-11/h3-7,18H,8H2,1-2H3,(H,17,19). The number of hydrogen-bond acceptors (Lipinski definition) is 5. The average molecular weight is 289 g/mol. The van der Waals surface area contributed by atoms with E-state index >= 15 is 0 Å². The second-order valence-electron chi connectivity index (χ2n) is 4.28. The molecule has 0 spiro atoms. The largest absolute Gasteiger partial charge is 0.508 e. The number of benzene rings is 1. The van der Waals surface area contributed by atoms with Gasteiger partial charge < -0.3 is 10.4 Å². The summed E-state index contributed by atoms with van der Waals surface area (Å²) in [6, 6.07) is 8.21. The number of carbonyl (C=O) groups excluding carboxylic acids is 1. The van der Waals surface area contributed by atoms with E-state index < -0.39 is 0 Å². The Morgan fingerprint density at radius 3 is 2.60 bits per heavy atom. The number of thioether (sulfide) groups is 1. The van der Waals surface area contributed by atoms with Crippen LogP contribution in [0, 0.1) is 13.8 Å². The Balaban J connectivity index is 1.90. The molecule has 5 nitrogen and oxygen atoms in total. The van der Waals surface area contributed by atoms with E-state index in [-0.39, 0.29) is 17.4 Å². The number of carbonyl (C=O) groups is 1. The molecule has 1 amide bonds. The third-order valence-electron chi connectivity index (χ3n) is 2.44. The monoisotopic (exact) mass is 289 g/mol. The fourth-order valence-corrected chi connectivity index (χ4v) is 2.44. The fraction of sp³-hybridized carbons (Fsp3) is 0.214. The first-order valence-electron chi connectivity index (χ1n) is 6.07. The highest BCUT2D eigenvalue weighted by atomic mass is 32.2. The van der Waals surface area contributed by atoms with Crippen LogP contribution in [0.4, 0.5) is 5.69 Å². The first kappa shape index (κ1) is 14.3. The molecule has 1 aromatic carbocycles. The van der Waals surface area contributed by atoms with Crippen LogP contribution >= 0.6 is 11.8 Å². The van der Waals surface area contributed by atoms with Crippen molar-refractivity contribution in [2.75, 3.05) is 11.1 Å². The van der Waals surface area contributed by atoms with Gasteiger partial charge in [-0.15, -0.1) is 0 Å². The molecule has 20 heavy (non-hydrogen) atoms. The lowest BCUT2D eigenvalue weighted by Crippen LogP contribution is -2.14. The second kappa shape index (κ2) is 6.38. The quantitative estimate of drug-likeness (QED) is 0.514. The van der Waals surface area contributed by atoms with Crippen LogP contribution in [-0.2, 0) is 4.79 Å². The topological polar surface area (TPSA) is 75.1 Å². The van der Waals surface area contributed by atoms with E-state index in [9.17, 15) is 4.79 Å². The summed E-state index contributed by atoms with van der Waals surface area (Å²) < 4.78 is 0. The molecule has 2 N–H and O–H groups in total. The number of aromatic nitrogens is 2. The number of phenols is 1. The van der Waals surface area contributed by atoms with E-state index in [0.29, 0.717) is 11.5 Å². The molecular formula is C14H15N3O2S. The molecule has 0 radical (unpaired) electrons. The minimum atomic E-state index is -0.116. The Labute approximate surface area is 121 Å². The van der Waals surface area contributed by atoms with Crippen LogP contribution in [-0.4, -0.2) is 26.7 Å². The number of hydrogen-bond donors (Lipinski definition) is 2. The van der Waals surface area contributed by atoms with Gasteiger partial charge in [-0.05, 0) is 44.2 Å². The lowest BCUT2D eigenvalue weighted by molar-refractivity contribution is -0.113. The number of nitrogens with one attached hydrogen (secondary N) is 1. The SMILES string of the molecule is Cc1cc(SCC(=O)Nc2ccc(O)cc2)nc(C)n1. The number of aromatic hydroxyl groups is 1. The van der Waals surface area contributed by atoms with E-state index in [0.717, 1.165) is 10.7 Å². The molecule has 0 bridgehead atoms. The minimum Gasteiger partial charge on any atom is -0.508 e. The Morgan fingerprint density at radius 2 is 1.95 bits per heavy atom. The molecule has 0 aliphatic heterocycles. The Kier molecular flexibility index (Phi) is 4.57. The molecule has 104 valence electrons. The van der Waals surface area contributed by atoms with E-state index in [1.807, 2.05) is 19.9 Å². The third kappa shape index (κ3) is 4.24. The van der Waals surface area contributed by atoms with Gasteiger partial charge in [-0.2, -0.15) is 0 Å². The van der Waals surface area contributed by atoms with Crippen molar-refractivity contribution >= 4 is 23.4 Å². The van der Waals surface area contributed by atoms with Gasteiger partial charge in [-0.25, -0.2) is 9.97 Å². The van der Waals surface area contributed by atoms with Crippen molar-refractivity contribution in [2.45, 2.75) is 18.9 Å². The number of nitrogens with zero attached hydrogens (tertiary/aromatic N) is 2. The summed E-state index contributed by atoms with van der Waals surface area (Å²) in [5.74, 6) is 1.03. The Hall–Kier alpha value is -2.08. The van der Waals surface area contributed by atoms with Crippen LogP contribution in [0.3, 0.4) is 0 Å². The van der Waals surface area contributed by atoms with Gasteiger partial charge in [-0.1, -0.05) is 11.8 Å². The van der Waals surface area contributed by atoms with Crippen molar-refractivity contribution in [3.8, 4) is 5.75 Å². The van der Waals surface area contributed by atoms with Gasteiger partial charge in [0, 0.05) is 11.4 Å². The molecule has 0 saturated heterocycles. The summed E-state index contributed by atoms with van der Waals surface area (Å²) in [5, 5.41) is 12.7. The average Bonchev–Trinajstić information content (AvgIpc) is 2.38. The van der Waals surface area contributed by atoms with Crippen molar-refractivity contribution < 1.29 is 9.90 Å². The summed E-state index contributed by atoms with van der Waals surface area (Å²) in [6.07, 6.45) is 0. The second-order valence-corrected chi connectivity index (χ2v) is 5.27. The van der Waals surface area contributed by atoms with Crippen molar-refractivity contribution in [1.82, 2.24) is 9.97 Å². The normalized spacial score (nSPS) is 10.3. The molecule has 0 atom stereocenters. The van der Waals surface area contributed by atoms with Gasteiger partial charge in [0.1, 0.15) is 16.6 Å². The summed E-state index contributed by atoms with van der Waals surface area (Å²) in [5.41, 5.74) is 1.54. The van der Waals surface area contributed by atoms with Crippen molar-refractivity contribution in [1.29, 1.82) is 0 Å². The maximum absolute atomic E-state index is 11.8. The molecule has 0 fully saturated rings. The van der Waals surface area contributed by atoms with Crippen LogP contribution in [0.15, 0.2) is 35.4 Å². The predicted octanol–water partition coefficient (Wildman–Crippen LogP) is 2.53. The number of aryl methyl sites for hydroxylation is 2. The van der Waals surface area contributed by atoms with Gasteiger partial charge in [0.2, 0.25) is 5.91 Å². The van der Waals surface area contributed by atoms with Crippen LogP contribution < -0.4 is 5.32 Å². The molecule has 0 aliphatic carbocycles. The van der Waals surface area contributed by atoms with E-state index in [1.165, 1.54) is 23.9 Å². The van der Waals surface area contributed by atoms with Gasteiger partial charge in [0.05, 0.1) is 5.75 Å². The van der Waals surface area contributed by atoms with Crippen molar-refractivity contribution in [2.24, 2.45) is 0 Å². The summed E-state index contributed by atoms with van der Waals surface area (Å²) in [6.45, 7) is 3.73. The number of rotatable bonds is 4. The smallest absolute Gasteiger partial charge is 0.234 e. The zero-order chi connectivity index (χ0) is 14.5. The number of phenolic OH excluding ortho intramolecular Hbond substituents is 1. The highest BCUT2D eigenvalue weighted by molar-refractivity contribution is 7.99. The van der Waals surface area contributed by atoms with Crippen LogP contribution in [0.25, 0.3) is 0 Å². The van der Waals surface area contributed by atoms with E-state index in [1.54, 1.807) is 12.1 Å². The van der Waals surface area contributed by atoms with E-state index in [2.05, 4.69) is 15.3 Å². The molecule has 0 aliphatic rings. The molecule has 0 unspecified atom stereocenters. The zero-order valence-corrected chi connectivity index (χ0v) is 12.1. The lowest BCUT2D eigenvalue weighted by atomic mass is 10.3. The van der Waals surface area contributed by atoms with Crippen LogP contribution in [0.2, 0.25) is 0 Å².